The number of halogens is 1. The average Bonchev–Trinajstić information content (AvgIpc) is 3.35. The van der Waals surface area contributed by atoms with Crippen molar-refractivity contribution in [3.8, 4) is 17.3 Å². The molecule has 0 fully saturated rings. The summed E-state index contributed by atoms with van der Waals surface area (Å²) in [6.45, 7) is 2.70. The van der Waals surface area contributed by atoms with Crippen molar-refractivity contribution in [3.63, 3.8) is 0 Å². The van der Waals surface area contributed by atoms with Gasteiger partial charge in [-0.3, -0.25) is 0 Å². The number of nitrogens with zero attached hydrogens (tertiary/aromatic N) is 3. The molecule has 6 nitrogen and oxygen atoms in total. The second kappa shape index (κ2) is 7.54. The highest BCUT2D eigenvalue weighted by Gasteiger charge is 2.14. The molecule has 0 saturated heterocycles. The Balaban J connectivity index is 1.69. The third kappa shape index (κ3) is 3.61. The Morgan fingerprint density at radius 1 is 1.22 bits per heavy atom. The second-order valence-corrected chi connectivity index (χ2v) is 7.40. The van der Waals surface area contributed by atoms with E-state index in [1.54, 1.807) is 30.7 Å². The lowest BCUT2D eigenvalue weighted by molar-refractivity contribution is 0.415. The van der Waals surface area contributed by atoms with E-state index in [9.17, 15) is 0 Å². The van der Waals surface area contributed by atoms with Crippen LogP contribution < -0.4 is 10.1 Å². The largest absolute Gasteiger partial charge is 0.495 e. The topological polar surface area (TPSA) is 73.1 Å². The van der Waals surface area contributed by atoms with Gasteiger partial charge < -0.3 is 14.6 Å². The lowest BCUT2D eigenvalue weighted by atomic mass is 10.2. The van der Waals surface area contributed by atoms with E-state index in [1.807, 2.05) is 18.2 Å². The van der Waals surface area contributed by atoms with Gasteiger partial charge in [0.15, 0.2) is 0 Å². The van der Waals surface area contributed by atoms with E-state index in [2.05, 4.69) is 33.4 Å². The van der Waals surface area contributed by atoms with Crippen molar-refractivity contribution >= 4 is 39.0 Å². The van der Waals surface area contributed by atoms with Crippen LogP contribution in [0.1, 0.15) is 17.4 Å². The third-order valence-corrected chi connectivity index (χ3v) is 5.60. The van der Waals surface area contributed by atoms with Crippen molar-refractivity contribution in [1.82, 2.24) is 15.1 Å². The molecule has 0 saturated carbocycles. The van der Waals surface area contributed by atoms with E-state index in [-0.39, 0.29) is 0 Å². The molecule has 138 valence electrons. The van der Waals surface area contributed by atoms with Gasteiger partial charge in [0.25, 0.3) is 0 Å². The van der Waals surface area contributed by atoms with Gasteiger partial charge in [-0.1, -0.05) is 29.7 Å². The summed E-state index contributed by atoms with van der Waals surface area (Å²) in [4.78, 5) is 11.5. The number of aromatic nitrogens is 3. The number of thiophene rings is 1. The lowest BCUT2D eigenvalue weighted by Crippen LogP contribution is -2.03. The quantitative estimate of drug-likeness (QED) is 0.480. The molecule has 0 bridgehead atoms. The molecule has 0 atom stereocenters. The van der Waals surface area contributed by atoms with E-state index < -0.39 is 0 Å². The van der Waals surface area contributed by atoms with Gasteiger partial charge in [0, 0.05) is 17.5 Å². The number of rotatable bonds is 6. The normalized spacial score (nSPS) is 11.1. The molecular formula is C19H17ClN4O2S. The van der Waals surface area contributed by atoms with E-state index in [1.165, 1.54) is 4.88 Å². The van der Waals surface area contributed by atoms with Gasteiger partial charge in [-0.2, -0.15) is 0 Å². The van der Waals surface area contributed by atoms with Crippen LogP contribution in [-0.4, -0.2) is 22.2 Å². The van der Waals surface area contributed by atoms with Gasteiger partial charge in [0.1, 0.15) is 16.4 Å². The van der Waals surface area contributed by atoms with Gasteiger partial charge in [-0.25, -0.2) is 9.97 Å². The molecule has 4 aromatic rings. The fourth-order valence-electron chi connectivity index (χ4n) is 2.73. The number of hydrogen-bond donors (Lipinski definition) is 1. The zero-order valence-electron chi connectivity index (χ0n) is 14.8. The number of benzene rings is 1. The Morgan fingerprint density at radius 3 is 2.81 bits per heavy atom. The molecule has 0 aliphatic rings. The summed E-state index contributed by atoms with van der Waals surface area (Å²) >= 11 is 7.89. The van der Waals surface area contributed by atoms with E-state index in [0.717, 1.165) is 28.0 Å². The molecule has 3 heterocycles. The highest BCUT2D eigenvalue weighted by molar-refractivity contribution is 7.18. The van der Waals surface area contributed by atoms with E-state index in [0.29, 0.717) is 28.9 Å². The van der Waals surface area contributed by atoms with Crippen LogP contribution in [0.15, 0.2) is 41.1 Å². The van der Waals surface area contributed by atoms with Gasteiger partial charge >= 0.3 is 0 Å². The molecule has 4 rings (SSSR count). The minimum atomic E-state index is 0.514. The van der Waals surface area contributed by atoms with Crippen LogP contribution >= 0.6 is 22.9 Å². The van der Waals surface area contributed by atoms with Crippen LogP contribution in [0, 0.1) is 0 Å². The van der Waals surface area contributed by atoms with Crippen LogP contribution in [-0.2, 0) is 13.0 Å². The predicted octanol–water partition coefficient (Wildman–Crippen LogP) is 5.18. The summed E-state index contributed by atoms with van der Waals surface area (Å²) in [5, 5.41) is 8.73. The first-order chi connectivity index (χ1) is 13.2. The molecule has 0 aliphatic carbocycles. The van der Waals surface area contributed by atoms with E-state index >= 15 is 0 Å². The molecule has 8 heteroatoms. The number of ether oxygens (including phenoxy) is 1. The summed E-state index contributed by atoms with van der Waals surface area (Å²) < 4.78 is 10.4. The predicted molar refractivity (Wildman–Crippen MR) is 108 cm³/mol. The number of hydrogen-bond acceptors (Lipinski definition) is 7. The van der Waals surface area contributed by atoms with Crippen molar-refractivity contribution in [1.29, 1.82) is 0 Å². The summed E-state index contributed by atoms with van der Waals surface area (Å²) in [6.07, 6.45) is 2.54. The smallest absolute Gasteiger partial charge is 0.204 e. The molecular weight excluding hydrogens is 384 g/mol. The zero-order chi connectivity index (χ0) is 18.8. The first-order valence-corrected chi connectivity index (χ1v) is 9.65. The first kappa shape index (κ1) is 17.8. The first-order valence-electron chi connectivity index (χ1n) is 8.45. The van der Waals surface area contributed by atoms with E-state index in [4.69, 9.17) is 20.9 Å². The maximum absolute atomic E-state index is 6.23. The lowest BCUT2D eigenvalue weighted by Gasteiger charge is -2.10. The van der Waals surface area contributed by atoms with Crippen molar-refractivity contribution < 1.29 is 9.26 Å². The average molecular weight is 401 g/mol. The van der Waals surface area contributed by atoms with Crippen molar-refractivity contribution in [3.05, 3.63) is 52.0 Å². The van der Waals surface area contributed by atoms with Crippen molar-refractivity contribution in [2.45, 2.75) is 19.9 Å². The molecule has 0 spiro atoms. The van der Waals surface area contributed by atoms with Crippen LogP contribution in [0.25, 0.3) is 21.8 Å². The summed E-state index contributed by atoms with van der Waals surface area (Å²) in [7, 11) is 1.60. The Kier molecular flexibility index (Phi) is 4.96. The SMILES string of the molecule is CCc1cc2c(NCc3ccc(OC)c(Cl)c3)nc(-c3ccno3)nc2s1. The number of fused-ring (bicyclic) bond motifs is 1. The number of anilines is 1. The van der Waals surface area contributed by atoms with Gasteiger partial charge in [-0.15, -0.1) is 11.3 Å². The van der Waals surface area contributed by atoms with Gasteiger partial charge in [0.05, 0.1) is 23.7 Å². The Labute approximate surface area is 165 Å². The number of nitrogens with one attached hydrogen (secondary N) is 1. The molecule has 0 aliphatic heterocycles. The van der Waals surface area contributed by atoms with Crippen LogP contribution in [0.5, 0.6) is 5.75 Å². The van der Waals surface area contributed by atoms with Gasteiger partial charge in [0.2, 0.25) is 11.6 Å². The summed E-state index contributed by atoms with van der Waals surface area (Å²) in [5.41, 5.74) is 1.03. The minimum absolute atomic E-state index is 0.514. The minimum Gasteiger partial charge on any atom is -0.495 e. The summed E-state index contributed by atoms with van der Waals surface area (Å²) in [6, 6.07) is 9.59. The maximum Gasteiger partial charge on any atom is 0.204 e. The Morgan fingerprint density at radius 2 is 2.11 bits per heavy atom. The molecule has 0 amide bonds. The zero-order valence-corrected chi connectivity index (χ0v) is 16.4. The standard InChI is InChI=1S/C19H17ClN4O2S/c1-3-12-9-13-17(21-10-11-4-5-15(25-2)14(20)8-11)23-18(24-19(13)27-12)16-6-7-22-26-16/h4-9H,3,10H2,1-2H3,(H,21,23,24). The fraction of sp³-hybridized carbons (Fsp3) is 0.211. The van der Waals surface area contributed by atoms with Crippen LogP contribution in [0.4, 0.5) is 5.82 Å². The number of methoxy groups -OCH3 is 1. The highest BCUT2D eigenvalue weighted by atomic mass is 35.5. The second-order valence-electron chi connectivity index (χ2n) is 5.88. The molecule has 27 heavy (non-hydrogen) atoms. The number of aryl methyl sites for hydroxylation is 1. The molecule has 1 aromatic carbocycles. The molecule has 0 radical (unpaired) electrons. The Bertz CT molecular complexity index is 1080. The third-order valence-electron chi connectivity index (χ3n) is 4.13. The monoisotopic (exact) mass is 400 g/mol. The maximum atomic E-state index is 6.23. The van der Waals surface area contributed by atoms with Crippen LogP contribution in [0.2, 0.25) is 5.02 Å². The molecule has 1 N–H and O–H groups in total. The van der Waals surface area contributed by atoms with Crippen LogP contribution in [0.3, 0.4) is 0 Å². The van der Waals surface area contributed by atoms with Gasteiger partial charge in [-0.05, 0) is 30.2 Å². The molecule has 3 aromatic heterocycles. The summed E-state index contributed by atoms with van der Waals surface area (Å²) in [5.74, 6) is 2.47. The van der Waals surface area contributed by atoms with Crippen molar-refractivity contribution in [2.75, 3.05) is 12.4 Å². The Hall–Kier alpha value is -2.64. The highest BCUT2D eigenvalue weighted by Crippen LogP contribution is 2.32. The van der Waals surface area contributed by atoms with Crippen molar-refractivity contribution in [2.24, 2.45) is 0 Å². The fourth-order valence-corrected chi connectivity index (χ4v) is 3.97. The molecule has 0 unspecified atom stereocenters.